The van der Waals surface area contributed by atoms with Gasteiger partial charge in [-0.1, -0.05) is 6.07 Å². The van der Waals surface area contributed by atoms with Gasteiger partial charge in [0.2, 0.25) is 0 Å². The normalized spacial score (nSPS) is 20.4. The zero-order chi connectivity index (χ0) is 13.8. The Morgan fingerprint density at radius 2 is 2.37 bits per heavy atom. The summed E-state index contributed by atoms with van der Waals surface area (Å²) in [5, 5.41) is 19.9. The van der Waals surface area contributed by atoms with Crippen molar-refractivity contribution in [2.75, 3.05) is 32.0 Å². The molecule has 1 aromatic carbocycles. The molecule has 0 amide bonds. The highest BCUT2D eigenvalue weighted by Gasteiger charge is 2.20. The molecule has 0 bridgehead atoms. The monoisotopic (exact) mass is 267 g/mol. The first kappa shape index (κ1) is 13.7. The lowest BCUT2D eigenvalue weighted by Crippen LogP contribution is -2.43. The molecule has 1 aliphatic heterocycles. The fraction of sp³-hybridized carbons (Fsp3) is 0.500. The van der Waals surface area contributed by atoms with Crippen LogP contribution in [0.2, 0.25) is 0 Å². The minimum absolute atomic E-state index is 0.0155. The lowest BCUT2D eigenvalue weighted by Gasteiger charge is -2.31. The Hall–Kier alpha value is -1.70. The number of hydrogen-bond acceptors (Lipinski definition) is 6. The first-order chi connectivity index (χ1) is 9.10. The summed E-state index contributed by atoms with van der Waals surface area (Å²) in [6, 6.07) is 4.84. The van der Waals surface area contributed by atoms with Gasteiger partial charge in [-0.15, -0.1) is 0 Å². The summed E-state index contributed by atoms with van der Waals surface area (Å²) in [5.41, 5.74) is 6.50. The van der Waals surface area contributed by atoms with E-state index in [1.165, 1.54) is 6.07 Å². The summed E-state index contributed by atoms with van der Waals surface area (Å²) in [7, 11) is 0. The SMILES string of the molecule is Nc1ccc(CN2CCOC(CO)C2)cc1[N+](=O)[O-]. The van der Waals surface area contributed by atoms with Gasteiger partial charge in [-0.3, -0.25) is 15.0 Å². The molecule has 1 heterocycles. The molecule has 104 valence electrons. The first-order valence-electron chi connectivity index (χ1n) is 6.07. The molecule has 1 aromatic rings. The van der Waals surface area contributed by atoms with E-state index in [-0.39, 0.29) is 24.1 Å². The van der Waals surface area contributed by atoms with Crippen molar-refractivity contribution in [1.29, 1.82) is 0 Å². The van der Waals surface area contributed by atoms with Crippen molar-refractivity contribution in [2.45, 2.75) is 12.6 Å². The third-order valence-electron chi connectivity index (χ3n) is 3.12. The van der Waals surface area contributed by atoms with E-state index in [1.54, 1.807) is 12.1 Å². The second-order valence-corrected chi connectivity index (χ2v) is 4.56. The maximum absolute atomic E-state index is 10.8. The molecule has 2 rings (SSSR count). The Labute approximate surface area is 110 Å². The predicted octanol–water partition coefficient (Wildman–Crippen LogP) is 0.370. The van der Waals surface area contributed by atoms with Crippen molar-refractivity contribution >= 4 is 11.4 Å². The van der Waals surface area contributed by atoms with Crippen LogP contribution in [0.15, 0.2) is 18.2 Å². The first-order valence-corrected chi connectivity index (χ1v) is 6.07. The number of nitro benzene ring substituents is 1. The highest BCUT2D eigenvalue weighted by atomic mass is 16.6. The van der Waals surface area contributed by atoms with Gasteiger partial charge in [0.25, 0.3) is 5.69 Å². The van der Waals surface area contributed by atoms with Crippen LogP contribution in [-0.2, 0) is 11.3 Å². The minimum Gasteiger partial charge on any atom is -0.394 e. The summed E-state index contributed by atoms with van der Waals surface area (Å²) >= 11 is 0. The quantitative estimate of drug-likeness (QED) is 0.464. The number of benzene rings is 1. The van der Waals surface area contributed by atoms with Gasteiger partial charge in [-0.05, 0) is 11.6 Å². The van der Waals surface area contributed by atoms with Crippen molar-refractivity contribution in [3.8, 4) is 0 Å². The Kier molecular flexibility index (Phi) is 4.31. The van der Waals surface area contributed by atoms with Crippen LogP contribution in [0.1, 0.15) is 5.56 Å². The summed E-state index contributed by atoms with van der Waals surface area (Å²) in [4.78, 5) is 12.4. The van der Waals surface area contributed by atoms with Crippen molar-refractivity contribution in [1.82, 2.24) is 4.90 Å². The lowest BCUT2D eigenvalue weighted by molar-refractivity contribution is -0.384. The number of hydrogen-bond donors (Lipinski definition) is 2. The second kappa shape index (κ2) is 5.96. The molecule has 0 radical (unpaired) electrons. The molecule has 0 spiro atoms. The molecule has 0 aliphatic carbocycles. The fourth-order valence-electron chi connectivity index (χ4n) is 2.14. The highest BCUT2D eigenvalue weighted by molar-refractivity contribution is 5.59. The molecule has 1 atom stereocenters. The van der Waals surface area contributed by atoms with Gasteiger partial charge in [0.05, 0.1) is 24.2 Å². The second-order valence-electron chi connectivity index (χ2n) is 4.56. The topological polar surface area (TPSA) is 102 Å². The van der Waals surface area contributed by atoms with E-state index in [0.29, 0.717) is 19.7 Å². The molecule has 1 aliphatic rings. The number of nitrogens with zero attached hydrogens (tertiary/aromatic N) is 2. The molecule has 7 heteroatoms. The van der Waals surface area contributed by atoms with Gasteiger partial charge < -0.3 is 15.6 Å². The third-order valence-corrected chi connectivity index (χ3v) is 3.12. The Morgan fingerprint density at radius 1 is 1.58 bits per heavy atom. The summed E-state index contributed by atoms with van der Waals surface area (Å²) in [6.45, 7) is 2.49. The van der Waals surface area contributed by atoms with Crippen molar-refractivity contribution in [2.24, 2.45) is 0 Å². The zero-order valence-electron chi connectivity index (χ0n) is 10.5. The number of nitrogens with two attached hydrogens (primary N) is 1. The summed E-state index contributed by atoms with van der Waals surface area (Å²) < 4.78 is 5.36. The van der Waals surface area contributed by atoms with Gasteiger partial charge in [-0.2, -0.15) is 0 Å². The van der Waals surface area contributed by atoms with E-state index in [4.69, 9.17) is 15.6 Å². The number of anilines is 1. The van der Waals surface area contributed by atoms with E-state index in [9.17, 15) is 10.1 Å². The number of nitrogen functional groups attached to an aromatic ring is 1. The van der Waals surface area contributed by atoms with Gasteiger partial charge in [-0.25, -0.2) is 0 Å². The van der Waals surface area contributed by atoms with E-state index in [0.717, 1.165) is 12.1 Å². The van der Waals surface area contributed by atoms with Gasteiger partial charge in [0.15, 0.2) is 0 Å². The fourth-order valence-corrected chi connectivity index (χ4v) is 2.14. The van der Waals surface area contributed by atoms with Gasteiger partial charge >= 0.3 is 0 Å². The predicted molar refractivity (Wildman–Crippen MR) is 69.6 cm³/mol. The van der Waals surface area contributed by atoms with Crippen molar-refractivity contribution in [3.63, 3.8) is 0 Å². The largest absolute Gasteiger partial charge is 0.394 e. The van der Waals surface area contributed by atoms with Crippen LogP contribution in [0, 0.1) is 10.1 Å². The average Bonchev–Trinajstić information content (AvgIpc) is 2.41. The van der Waals surface area contributed by atoms with Crippen LogP contribution in [0.5, 0.6) is 0 Å². The maximum Gasteiger partial charge on any atom is 0.292 e. The number of ether oxygens (including phenoxy) is 1. The van der Waals surface area contributed by atoms with Crippen LogP contribution in [0.4, 0.5) is 11.4 Å². The van der Waals surface area contributed by atoms with Crippen LogP contribution < -0.4 is 5.73 Å². The molecule has 1 fully saturated rings. The number of nitro groups is 1. The molecule has 19 heavy (non-hydrogen) atoms. The van der Waals surface area contributed by atoms with Gasteiger partial charge in [0, 0.05) is 25.7 Å². The smallest absolute Gasteiger partial charge is 0.292 e. The molecule has 7 nitrogen and oxygen atoms in total. The molecule has 1 unspecified atom stereocenters. The number of aliphatic hydroxyl groups is 1. The zero-order valence-corrected chi connectivity index (χ0v) is 10.5. The molecule has 1 saturated heterocycles. The molecule has 3 N–H and O–H groups in total. The summed E-state index contributed by atoms with van der Waals surface area (Å²) in [6.07, 6.45) is -0.183. The van der Waals surface area contributed by atoms with Crippen LogP contribution >= 0.6 is 0 Å². The van der Waals surface area contributed by atoms with Crippen LogP contribution in [0.3, 0.4) is 0 Å². The van der Waals surface area contributed by atoms with E-state index < -0.39 is 4.92 Å². The number of aliphatic hydroxyl groups excluding tert-OH is 1. The standard InChI is InChI=1S/C12H17N3O4/c13-11-2-1-9(5-12(11)15(17)18)6-14-3-4-19-10(7-14)8-16/h1-2,5,10,16H,3-4,6-8,13H2. The molecule has 0 saturated carbocycles. The van der Waals surface area contributed by atoms with Crippen LogP contribution in [0.25, 0.3) is 0 Å². The van der Waals surface area contributed by atoms with E-state index >= 15 is 0 Å². The Bertz CT molecular complexity index is 466. The number of rotatable bonds is 4. The lowest BCUT2D eigenvalue weighted by atomic mass is 10.1. The molecular weight excluding hydrogens is 250 g/mol. The van der Waals surface area contributed by atoms with E-state index in [2.05, 4.69) is 4.90 Å². The average molecular weight is 267 g/mol. The van der Waals surface area contributed by atoms with E-state index in [1.807, 2.05) is 0 Å². The van der Waals surface area contributed by atoms with Crippen molar-refractivity contribution < 1.29 is 14.8 Å². The maximum atomic E-state index is 10.8. The third kappa shape index (κ3) is 3.40. The summed E-state index contributed by atoms with van der Waals surface area (Å²) in [5.74, 6) is 0. The minimum atomic E-state index is -0.478. The molecular formula is C12H17N3O4. The Balaban J connectivity index is 2.06. The van der Waals surface area contributed by atoms with Gasteiger partial charge in [0.1, 0.15) is 5.69 Å². The molecule has 0 aromatic heterocycles. The van der Waals surface area contributed by atoms with Crippen LogP contribution in [-0.4, -0.2) is 47.3 Å². The number of morpholine rings is 1. The highest BCUT2D eigenvalue weighted by Crippen LogP contribution is 2.23. The van der Waals surface area contributed by atoms with Crippen molar-refractivity contribution in [3.05, 3.63) is 33.9 Å². The Morgan fingerprint density at radius 3 is 3.05 bits per heavy atom.